The van der Waals surface area contributed by atoms with Crippen molar-refractivity contribution in [1.82, 2.24) is 14.3 Å². The summed E-state index contributed by atoms with van der Waals surface area (Å²) < 4.78 is 3.74. The van der Waals surface area contributed by atoms with Crippen molar-refractivity contribution >= 4 is 11.6 Å². The van der Waals surface area contributed by atoms with Crippen molar-refractivity contribution < 1.29 is 0 Å². The first-order chi connectivity index (χ1) is 8.17. The molecule has 2 aromatic heterocycles. The highest BCUT2D eigenvalue weighted by molar-refractivity contribution is 6.31. The lowest BCUT2D eigenvalue weighted by atomic mass is 10.3. The van der Waals surface area contributed by atoms with Crippen molar-refractivity contribution in [3.05, 3.63) is 40.4 Å². The fraction of sp³-hybridized carbons (Fsp3) is 0.333. The summed E-state index contributed by atoms with van der Waals surface area (Å²) in [5.41, 5.74) is 2.40. The molecule has 2 aromatic rings. The number of hydrogen-bond donors (Lipinski definition) is 0. The number of nitrogens with zero attached hydrogens (tertiary/aromatic N) is 4. The van der Waals surface area contributed by atoms with Crippen LogP contribution < -0.4 is 0 Å². The number of aromatic nitrogens is 3. The molecule has 0 spiro atoms. The molecule has 2 heterocycles. The van der Waals surface area contributed by atoms with Gasteiger partial charge in [0.1, 0.15) is 11.8 Å². The predicted molar refractivity (Wildman–Crippen MR) is 65.9 cm³/mol. The average Bonchev–Trinajstić information content (AvgIpc) is 2.88. The molecule has 0 unspecified atom stereocenters. The number of aryl methyl sites for hydroxylation is 2. The van der Waals surface area contributed by atoms with E-state index in [0.29, 0.717) is 17.3 Å². The van der Waals surface area contributed by atoms with Gasteiger partial charge in [-0.3, -0.25) is 4.68 Å². The van der Waals surface area contributed by atoms with E-state index in [0.717, 1.165) is 17.9 Å². The molecule has 0 aliphatic rings. The Morgan fingerprint density at radius 1 is 1.53 bits per heavy atom. The summed E-state index contributed by atoms with van der Waals surface area (Å²) in [6.45, 7) is 5.25. The van der Waals surface area contributed by atoms with E-state index in [9.17, 15) is 0 Å². The van der Waals surface area contributed by atoms with Gasteiger partial charge in [-0.05, 0) is 26.0 Å². The fourth-order valence-corrected chi connectivity index (χ4v) is 2.03. The second-order valence-corrected chi connectivity index (χ2v) is 4.17. The molecule has 0 saturated carbocycles. The van der Waals surface area contributed by atoms with Crippen molar-refractivity contribution in [3.8, 4) is 6.07 Å². The van der Waals surface area contributed by atoms with Gasteiger partial charge in [0.15, 0.2) is 0 Å². The maximum absolute atomic E-state index is 8.96. The van der Waals surface area contributed by atoms with Crippen LogP contribution in [0.5, 0.6) is 0 Å². The number of hydrogen-bond acceptors (Lipinski definition) is 2. The first-order valence-electron chi connectivity index (χ1n) is 5.44. The molecule has 0 aromatic carbocycles. The Labute approximate surface area is 105 Å². The summed E-state index contributed by atoms with van der Waals surface area (Å²) in [5, 5.41) is 14.0. The van der Waals surface area contributed by atoms with Crippen molar-refractivity contribution in [1.29, 1.82) is 5.26 Å². The molecule has 5 heteroatoms. The van der Waals surface area contributed by atoms with Gasteiger partial charge in [-0.1, -0.05) is 11.6 Å². The van der Waals surface area contributed by atoms with Crippen molar-refractivity contribution in [2.45, 2.75) is 26.9 Å². The van der Waals surface area contributed by atoms with Crippen molar-refractivity contribution in [2.24, 2.45) is 0 Å². The molecule has 0 amide bonds. The van der Waals surface area contributed by atoms with Gasteiger partial charge in [0, 0.05) is 12.7 Å². The summed E-state index contributed by atoms with van der Waals surface area (Å²) in [6, 6.07) is 5.79. The highest BCUT2D eigenvalue weighted by atomic mass is 35.5. The largest absolute Gasteiger partial charge is 0.333 e. The quantitative estimate of drug-likeness (QED) is 0.838. The van der Waals surface area contributed by atoms with Crippen LogP contribution >= 0.6 is 11.6 Å². The molecule has 17 heavy (non-hydrogen) atoms. The van der Waals surface area contributed by atoms with Crippen LogP contribution in [-0.2, 0) is 13.1 Å². The van der Waals surface area contributed by atoms with Crippen LogP contribution in [0.15, 0.2) is 18.3 Å². The van der Waals surface area contributed by atoms with Gasteiger partial charge in [0.05, 0.1) is 23.0 Å². The second kappa shape index (κ2) is 4.64. The molecular weight excluding hydrogens is 236 g/mol. The molecule has 0 radical (unpaired) electrons. The third-order valence-electron chi connectivity index (χ3n) is 2.72. The first kappa shape index (κ1) is 11.7. The molecule has 0 fully saturated rings. The highest BCUT2D eigenvalue weighted by Gasteiger charge is 2.13. The van der Waals surface area contributed by atoms with Gasteiger partial charge in [0.25, 0.3) is 0 Å². The molecule has 2 rings (SSSR count). The molecule has 0 bridgehead atoms. The zero-order valence-electron chi connectivity index (χ0n) is 9.81. The van der Waals surface area contributed by atoms with Crippen LogP contribution in [0.3, 0.4) is 0 Å². The van der Waals surface area contributed by atoms with Crippen molar-refractivity contribution in [2.75, 3.05) is 0 Å². The smallest absolute Gasteiger partial charge is 0.120 e. The number of rotatable bonds is 3. The summed E-state index contributed by atoms with van der Waals surface area (Å²) >= 11 is 6.23. The Balaban J connectivity index is 2.40. The molecule has 0 atom stereocenters. The maximum atomic E-state index is 8.96. The minimum Gasteiger partial charge on any atom is -0.333 e. The van der Waals surface area contributed by atoms with E-state index in [1.165, 1.54) is 0 Å². The predicted octanol–water partition coefficient (Wildman–Crippen LogP) is 2.59. The monoisotopic (exact) mass is 248 g/mol. The minimum absolute atomic E-state index is 0.573. The molecule has 4 nitrogen and oxygen atoms in total. The molecule has 0 aliphatic carbocycles. The topological polar surface area (TPSA) is 46.5 Å². The maximum Gasteiger partial charge on any atom is 0.120 e. The molecular formula is C12H13ClN4. The van der Waals surface area contributed by atoms with Gasteiger partial charge in [-0.2, -0.15) is 10.4 Å². The Morgan fingerprint density at radius 2 is 2.29 bits per heavy atom. The number of halogens is 1. The normalized spacial score (nSPS) is 10.5. The van der Waals surface area contributed by atoms with Gasteiger partial charge in [-0.25, -0.2) is 0 Å². The van der Waals surface area contributed by atoms with E-state index >= 15 is 0 Å². The van der Waals surface area contributed by atoms with E-state index in [-0.39, 0.29) is 0 Å². The third kappa shape index (κ3) is 2.06. The Bertz CT molecular complexity index is 574. The zero-order chi connectivity index (χ0) is 12.4. The lowest BCUT2D eigenvalue weighted by molar-refractivity contribution is 0.596. The highest BCUT2D eigenvalue weighted by Crippen LogP contribution is 2.21. The zero-order valence-corrected chi connectivity index (χ0v) is 10.6. The van der Waals surface area contributed by atoms with Crippen LogP contribution in [0.4, 0.5) is 0 Å². The Hall–Kier alpha value is -1.73. The van der Waals surface area contributed by atoms with E-state index in [2.05, 4.69) is 11.2 Å². The first-order valence-corrected chi connectivity index (χ1v) is 5.82. The molecule has 88 valence electrons. The van der Waals surface area contributed by atoms with Crippen molar-refractivity contribution in [3.63, 3.8) is 0 Å². The average molecular weight is 249 g/mol. The summed E-state index contributed by atoms with van der Waals surface area (Å²) in [5.74, 6) is 0. The summed E-state index contributed by atoms with van der Waals surface area (Å²) in [7, 11) is 0. The lowest BCUT2D eigenvalue weighted by Gasteiger charge is -2.07. The Morgan fingerprint density at radius 3 is 2.94 bits per heavy atom. The molecule has 0 N–H and O–H groups in total. The van der Waals surface area contributed by atoms with Gasteiger partial charge >= 0.3 is 0 Å². The van der Waals surface area contributed by atoms with Crippen LogP contribution in [0.2, 0.25) is 5.02 Å². The lowest BCUT2D eigenvalue weighted by Crippen LogP contribution is -2.08. The van der Waals surface area contributed by atoms with Crippen LogP contribution in [0, 0.1) is 18.3 Å². The Kier molecular flexibility index (Phi) is 3.21. The molecule has 0 aliphatic heterocycles. The SMILES string of the molecule is CCn1nc(C)c(Cl)c1Cn1cccc1C#N. The van der Waals surface area contributed by atoms with Gasteiger partial charge < -0.3 is 4.57 Å². The summed E-state index contributed by atoms with van der Waals surface area (Å²) in [6.07, 6.45) is 1.87. The standard InChI is InChI=1S/C12H13ClN4/c1-3-17-11(12(13)9(2)15-17)8-16-6-4-5-10(16)7-14/h4-6H,3,8H2,1-2H3. The van der Waals surface area contributed by atoms with Gasteiger partial charge in [0.2, 0.25) is 0 Å². The minimum atomic E-state index is 0.573. The van der Waals surface area contributed by atoms with E-state index in [1.54, 1.807) is 6.07 Å². The van der Waals surface area contributed by atoms with Crippen LogP contribution in [-0.4, -0.2) is 14.3 Å². The van der Waals surface area contributed by atoms with E-state index in [4.69, 9.17) is 16.9 Å². The van der Waals surface area contributed by atoms with Crippen LogP contribution in [0.25, 0.3) is 0 Å². The summed E-state index contributed by atoms with van der Waals surface area (Å²) in [4.78, 5) is 0. The van der Waals surface area contributed by atoms with E-state index < -0.39 is 0 Å². The number of nitriles is 1. The molecule has 0 saturated heterocycles. The third-order valence-corrected chi connectivity index (χ3v) is 3.21. The van der Waals surface area contributed by atoms with Gasteiger partial charge in [-0.15, -0.1) is 0 Å². The van der Waals surface area contributed by atoms with Crippen LogP contribution in [0.1, 0.15) is 24.0 Å². The fourth-order valence-electron chi connectivity index (χ4n) is 1.83. The van der Waals surface area contributed by atoms with E-state index in [1.807, 2.05) is 35.4 Å². The second-order valence-electron chi connectivity index (χ2n) is 3.79.